The highest BCUT2D eigenvalue weighted by atomic mass is 28.3. The lowest BCUT2D eigenvalue weighted by Gasteiger charge is -2.35. The van der Waals surface area contributed by atoms with Crippen LogP contribution in [0.15, 0.2) is 30.5 Å². The second-order valence-electron chi connectivity index (χ2n) is 14.5. The van der Waals surface area contributed by atoms with Gasteiger partial charge in [0.15, 0.2) is 6.61 Å². The molecule has 1 saturated heterocycles. The predicted molar refractivity (Wildman–Crippen MR) is 184 cm³/mol. The van der Waals surface area contributed by atoms with E-state index in [0.717, 1.165) is 67.8 Å². The molecule has 46 heavy (non-hydrogen) atoms. The van der Waals surface area contributed by atoms with Crippen LogP contribution >= 0.6 is 0 Å². The minimum absolute atomic E-state index is 0.0282. The fraction of sp³-hybridized carbons (Fsp3) is 0.657. The first kappa shape index (κ1) is 36.0. The Kier molecular flexibility index (Phi) is 12.8. The number of fused-ring (bicyclic) bond motifs is 1. The third-order valence-corrected chi connectivity index (χ3v) is 9.96. The lowest BCUT2D eigenvalue weighted by molar-refractivity contribution is -0.145. The van der Waals surface area contributed by atoms with Crippen LogP contribution in [0.1, 0.15) is 65.4 Å². The fourth-order valence-electron chi connectivity index (χ4n) is 5.79. The van der Waals surface area contributed by atoms with Crippen LogP contribution < -0.4 is 15.4 Å². The number of amides is 1. The molecule has 2 heterocycles. The molecule has 1 aliphatic carbocycles. The van der Waals surface area contributed by atoms with Gasteiger partial charge in [-0.2, -0.15) is 0 Å². The van der Waals surface area contributed by atoms with Crippen molar-refractivity contribution >= 4 is 36.6 Å². The molecule has 11 heteroatoms. The third kappa shape index (κ3) is 11.1. The van der Waals surface area contributed by atoms with Gasteiger partial charge in [-0.05, 0) is 90.1 Å². The van der Waals surface area contributed by atoms with Crippen LogP contribution in [0.2, 0.25) is 25.7 Å². The van der Waals surface area contributed by atoms with Gasteiger partial charge in [-0.1, -0.05) is 25.7 Å². The first-order valence-corrected chi connectivity index (χ1v) is 20.5. The van der Waals surface area contributed by atoms with Crippen LogP contribution in [0.4, 0.5) is 4.79 Å². The smallest absolute Gasteiger partial charge is 0.407 e. The maximum absolute atomic E-state index is 12.4. The van der Waals surface area contributed by atoms with Crippen LogP contribution in [0.5, 0.6) is 5.75 Å². The van der Waals surface area contributed by atoms with E-state index in [1.807, 2.05) is 33.0 Å². The number of rotatable bonds is 14. The summed E-state index contributed by atoms with van der Waals surface area (Å²) < 4.78 is 31.2. The van der Waals surface area contributed by atoms with Gasteiger partial charge in [-0.15, -0.1) is 0 Å². The molecule has 0 saturated carbocycles. The number of hydrogen-bond donors (Lipinski definition) is 2. The van der Waals surface area contributed by atoms with Gasteiger partial charge in [0.2, 0.25) is 0 Å². The number of benzene rings is 1. The summed E-state index contributed by atoms with van der Waals surface area (Å²) in [4.78, 5) is 24.6. The number of nitrogens with one attached hydrogen (secondary N) is 2. The van der Waals surface area contributed by atoms with Crippen molar-refractivity contribution in [2.24, 2.45) is 0 Å². The zero-order valence-electron chi connectivity index (χ0n) is 28.9. The van der Waals surface area contributed by atoms with E-state index in [-0.39, 0.29) is 36.9 Å². The molecule has 1 unspecified atom stereocenters. The molecule has 3 atom stereocenters. The molecule has 2 aromatic rings. The molecule has 2 N–H and O–H groups in total. The number of nitrogens with zero attached hydrogens (tertiary/aromatic N) is 1. The predicted octanol–water partition coefficient (Wildman–Crippen LogP) is 6.49. The van der Waals surface area contributed by atoms with Crippen LogP contribution in [-0.4, -0.2) is 81.5 Å². The topological polar surface area (TPSA) is 109 Å². The van der Waals surface area contributed by atoms with E-state index in [1.165, 1.54) is 5.57 Å². The number of alkyl carbamates (subject to hydrolysis) is 1. The molecule has 0 bridgehead atoms. The van der Waals surface area contributed by atoms with E-state index in [2.05, 4.69) is 53.1 Å². The summed E-state index contributed by atoms with van der Waals surface area (Å²) in [6, 6.07) is 7.37. The summed E-state index contributed by atoms with van der Waals surface area (Å²) >= 11 is 0. The Bertz CT molecular complexity index is 1340. The monoisotopic (exact) mass is 657 g/mol. The molecule has 1 aromatic heterocycles. The van der Waals surface area contributed by atoms with E-state index in [0.29, 0.717) is 25.7 Å². The molecule has 10 nitrogen and oxygen atoms in total. The van der Waals surface area contributed by atoms with E-state index < -0.39 is 13.7 Å². The number of ether oxygens (including phenoxy) is 5. The summed E-state index contributed by atoms with van der Waals surface area (Å²) in [6.07, 6.45) is 8.30. The number of carbonyl (C=O) groups is 2. The summed E-state index contributed by atoms with van der Waals surface area (Å²) in [7, 11) is -1.17. The van der Waals surface area contributed by atoms with Crippen molar-refractivity contribution in [2.75, 3.05) is 33.0 Å². The van der Waals surface area contributed by atoms with Gasteiger partial charge < -0.3 is 38.9 Å². The Morgan fingerprint density at radius 1 is 1.15 bits per heavy atom. The molecule has 0 spiro atoms. The molecule has 256 valence electrons. The molecule has 0 radical (unpaired) electrons. The van der Waals surface area contributed by atoms with Crippen molar-refractivity contribution in [1.82, 2.24) is 15.2 Å². The second kappa shape index (κ2) is 16.3. The SMILES string of the molecule is CCOC(=O)COc1cc2c(ccn2COCC[Si](C)(C)C)cc1C1=CCC(OC[C@@H]2NCCC[C@@H]2NC(=O)OC(C)(C)C)CC1. The average molecular weight is 658 g/mol. The fourth-order valence-corrected chi connectivity index (χ4v) is 6.54. The standard InChI is InChI=1S/C35H55N3O7Si/c1-8-42-33(39)23-44-32-21-31-26(15-17-38(31)24-41-18-19-46(5,6)7)20-28(32)25-11-13-27(14-12-25)43-22-30-29(10-9-16-36-30)37-34(40)45-35(2,3)4/h11,15,17,20-21,27,29-30,36H,8-10,12-14,16,18-19,22-24H2,1-7H3,(H,37,40)/t27?,29-,30-/m0/s1. The maximum atomic E-state index is 12.4. The van der Waals surface area contributed by atoms with Gasteiger partial charge in [0.1, 0.15) is 18.1 Å². The summed E-state index contributed by atoms with van der Waals surface area (Å²) in [6.45, 7) is 17.2. The van der Waals surface area contributed by atoms with Crippen molar-refractivity contribution in [2.45, 2.75) is 116 Å². The number of allylic oxidation sites excluding steroid dienone is 1. The Morgan fingerprint density at radius 2 is 1.96 bits per heavy atom. The highest BCUT2D eigenvalue weighted by Crippen LogP contribution is 2.37. The van der Waals surface area contributed by atoms with Crippen molar-refractivity contribution in [3.8, 4) is 5.75 Å². The Balaban J connectivity index is 1.42. The van der Waals surface area contributed by atoms with Crippen molar-refractivity contribution in [3.63, 3.8) is 0 Å². The minimum Gasteiger partial charge on any atom is -0.481 e. The van der Waals surface area contributed by atoms with Crippen LogP contribution in [-0.2, 0) is 30.5 Å². The zero-order chi connectivity index (χ0) is 33.3. The van der Waals surface area contributed by atoms with Crippen LogP contribution in [0, 0.1) is 0 Å². The lowest BCUT2D eigenvalue weighted by atomic mass is 9.90. The Morgan fingerprint density at radius 3 is 2.65 bits per heavy atom. The summed E-state index contributed by atoms with van der Waals surface area (Å²) in [5.74, 6) is 0.274. The van der Waals surface area contributed by atoms with Gasteiger partial charge in [-0.3, -0.25) is 0 Å². The highest BCUT2D eigenvalue weighted by molar-refractivity contribution is 6.76. The van der Waals surface area contributed by atoms with Gasteiger partial charge >= 0.3 is 12.1 Å². The average Bonchev–Trinajstić information content (AvgIpc) is 3.38. The van der Waals surface area contributed by atoms with E-state index in [9.17, 15) is 9.59 Å². The Labute approximate surface area is 275 Å². The van der Waals surface area contributed by atoms with Crippen molar-refractivity contribution in [1.29, 1.82) is 0 Å². The third-order valence-electron chi connectivity index (χ3n) is 8.26. The van der Waals surface area contributed by atoms with Crippen molar-refractivity contribution in [3.05, 3.63) is 36.0 Å². The van der Waals surface area contributed by atoms with Gasteiger partial charge in [0.05, 0.1) is 30.9 Å². The quantitative estimate of drug-likeness (QED) is 0.135. The van der Waals surface area contributed by atoms with E-state index in [4.69, 9.17) is 23.7 Å². The van der Waals surface area contributed by atoms with Crippen molar-refractivity contribution < 1.29 is 33.3 Å². The van der Waals surface area contributed by atoms with Gasteiger partial charge in [0.25, 0.3) is 0 Å². The zero-order valence-corrected chi connectivity index (χ0v) is 29.9. The summed E-state index contributed by atoms with van der Waals surface area (Å²) in [5, 5.41) is 7.66. The lowest BCUT2D eigenvalue weighted by Crippen LogP contribution is -2.56. The number of hydrogen-bond acceptors (Lipinski definition) is 8. The Hall–Kier alpha value is -2.86. The number of piperidine rings is 1. The highest BCUT2D eigenvalue weighted by Gasteiger charge is 2.30. The second-order valence-corrected chi connectivity index (χ2v) is 20.2. The normalized spacial score (nSPS) is 20.7. The molecule has 1 amide bonds. The molecule has 4 rings (SSSR count). The molecule has 1 fully saturated rings. The van der Waals surface area contributed by atoms with Gasteiger partial charge in [0, 0.05) is 43.9 Å². The minimum atomic E-state index is -1.17. The number of carbonyl (C=O) groups excluding carboxylic acids is 2. The first-order valence-electron chi connectivity index (χ1n) is 16.8. The van der Waals surface area contributed by atoms with E-state index >= 15 is 0 Å². The molecule has 2 aliphatic rings. The first-order chi connectivity index (χ1) is 21.8. The largest absolute Gasteiger partial charge is 0.481 e. The molecular weight excluding hydrogens is 602 g/mol. The maximum Gasteiger partial charge on any atom is 0.407 e. The van der Waals surface area contributed by atoms with Crippen LogP contribution in [0.3, 0.4) is 0 Å². The molecular formula is C35H55N3O7Si. The molecule has 1 aromatic carbocycles. The molecule has 1 aliphatic heterocycles. The van der Waals surface area contributed by atoms with E-state index in [1.54, 1.807) is 6.92 Å². The number of esters is 1. The van der Waals surface area contributed by atoms with Crippen LogP contribution in [0.25, 0.3) is 16.5 Å². The summed E-state index contributed by atoms with van der Waals surface area (Å²) in [5.41, 5.74) is 2.63. The van der Waals surface area contributed by atoms with Gasteiger partial charge in [-0.25, -0.2) is 9.59 Å². The number of aromatic nitrogens is 1.